The van der Waals surface area contributed by atoms with E-state index in [1.165, 1.54) is 12.1 Å². The fraction of sp³-hybridized carbons (Fsp3) is 0.120. The van der Waals surface area contributed by atoms with Crippen LogP contribution < -0.4 is 20.1 Å². The van der Waals surface area contributed by atoms with Crippen molar-refractivity contribution in [1.29, 1.82) is 0 Å². The standard InChI is InChI=1S/C25H21NO5/c1-14-4-7-18-21(10-14)31-22-13-16(26(2)3)6-9-19(22)24(18)20-11-15(12-23(27)28)5-8-17(20)25(29)30/h4-11,13H,1,12H2,2-3H3,(H,27,28)(H,29,30). The van der Waals surface area contributed by atoms with Crippen molar-refractivity contribution in [1.82, 2.24) is 0 Å². The Morgan fingerprint density at radius 2 is 1.71 bits per heavy atom. The summed E-state index contributed by atoms with van der Waals surface area (Å²) in [7, 11) is 3.85. The van der Waals surface area contributed by atoms with Gasteiger partial charge in [0.1, 0.15) is 11.5 Å². The molecular formula is C25H21NO5. The average Bonchev–Trinajstić information content (AvgIpc) is 2.70. The Hall–Kier alpha value is -4.06. The number of rotatable bonds is 5. The van der Waals surface area contributed by atoms with Crippen molar-refractivity contribution >= 4 is 29.8 Å². The summed E-state index contributed by atoms with van der Waals surface area (Å²) in [4.78, 5) is 25.2. The summed E-state index contributed by atoms with van der Waals surface area (Å²) in [6, 6.07) is 15.9. The van der Waals surface area contributed by atoms with Crippen molar-refractivity contribution in [3.05, 3.63) is 87.3 Å². The SMILES string of the molecule is C=c1ccc2c(c1)Oc1cc(N(C)C)ccc1C=2c1cc(CC(=O)O)ccc1C(=O)O. The maximum Gasteiger partial charge on any atom is 0.336 e. The molecule has 0 amide bonds. The molecular weight excluding hydrogens is 394 g/mol. The number of hydrogen-bond acceptors (Lipinski definition) is 4. The minimum absolute atomic E-state index is 0.0957. The normalized spacial score (nSPS) is 11.9. The van der Waals surface area contributed by atoms with Crippen molar-refractivity contribution in [3.63, 3.8) is 0 Å². The summed E-state index contributed by atoms with van der Waals surface area (Å²) in [5.41, 5.74) is 3.43. The first-order chi connectivity index (χ1) is 14.7. The van der Waals surface area contributed by atoms with Crippen LogP contribution >= 0.6 is 0 Å². The number of hydrogen-bond donors (Lipinski definition) is 2. The van der Waals surface area contributed by atoms with E-state index in [2.05, 4.69) is 6.58 Å². The molecule has 0 aliphatic carbocycles. The molecule has 1 aliphatic rings. The van der Waals surface area contributed by atoms with Crippen LogP contribution in [0, 0.1) is 0 Å². The van der Waals surface area contributed by atoms with Crippen LogP contribution in [0.1, 0.15) is 27.0 Å². The van der Waals surface area contributed by atoms with Crippen molar-refractivity contribution in [2.24, 2.45) is 0 Å². The second-order valence-corrected chi connectivity index (χ2v) is 7.64. The van der Waals surface area contributed by atoms with E-state index in [-0.39, 0.29) is 12.0 Å². The summed E-state index contributed by atoms with van der Waals surface area (Å²) in [6.07, 6.45) is -0.201. The molecule has 31 heavy (non-hydrogen) atoms. The first-order valence-corrected chi connectivity index (χ1v) is 9.66. The van der Waals surface area contributed by atoms with Crippen molar-refractivity contribution in [2.45, 2.75) is 6.42 Å². The summed E-state index contributed by atoms with van der Waals surface area (Å²) in [5, 5.41) is 20.6. The smallest absolute Gasteiger partial charge is 0.336 e. The zero-order valence-corrected chi connectivity index (χ0v) is 17.2. The first kappa shape index (κ1) is 20.2. The van der Waals surface area contributed by atoms with Gasteiger partial charge in [0, 0.05) is 42.2 Å². The van der Waals surface area contributed by atoms with Gasteiger partial charge in [-0.15, -0.1) is 0 Å². The number of carboxylic acids is 2. The lowest BCUT2D eigenvalue weighted by atomic mass is 9.88. The van der Waals surface area contributed by atoms with Crippen LogP contribution in [0.3, 0.4) is 0 Å². The lowest BCUT2D eigenvalue weighted by Crippen LogP contribution is -2.21. The van der Waals surface area contributed by atoms with E-state index in [0.29, 0.717) is 28.2 Å². The molecule has 4 rings (SSSR count). The Labute approximate surface area is 179 Å². The second-order valence-electron chi connectivity index (χ2n) is 7.64. The van der Waals surface area contributed by atoms with Gasteiger partial charge in [-0.2, -0.15) is 0 Å². The van der Waals surface area contributed by atoms with Crippen LogP contribution in [-0.2, 0) is 11.2 Å². The van der Waals surface area contributed by atoms with Gasteiger partial charge in [-0.3, -0.25) is 4.79 Å². The van der Waals surface area contributed by atoms with Crippen LogP contribution in [0.5, 0.6) is 11.5 Å². The first-order valence-electron chi connectivity index (χ1n) is 9.66. The van der Waals surface area contributed by atoms with E-state index in [1.54, 1.807) is 6.07 Å². The largest absolute Gasteiger partial charge is 0.481 e. The second kappa shape index (κ2) is 7.65. The molecule has 0 bridgehead atoms. The third-order valence-electron chi connectivity index (χ3n) is 5.23. The molecule has 1 heterocycles. The number of aliphatic carboxylic acids is 1. The van der Waals surface area contributed by atoms with E-state index in [1.807, 2.05) is 55.4 Å². The number of carboxylic acid groups (broad SMARTS) is 2. The topological polar surface area (TPSA) is 87.1 Å². The van der Waals surface area contributed by atoms with Gasteiger partial charge in [-0.25, -0.2) is 4.79 Å². The minimum Gasteiger partial charge on any atom is -0.481 e. The number of nitrogens with zero attached hydrogens (tertiary/aromatic N) is 1. The van der Waals surface area contributed by atoms with E-state index >= 15 is 0 Å². The third kappa shape index (κ3) is 3.75. The van der Waals surface area contributed by atoms with Gasteiger partial charge in [0.2, 0.25) is 0 Å². The molecule has 0 aromatic heterocycles. The molecule has 0 atom stereocenters. The molecule has 6 nitrogen and oxygen atoms in total. The number of anilines is 1. The molecule has 6 heteroatoms. The Kier molecular flexibility index (Phi) is 4.99. The molecule has 3 aromatic rings. The number of aromatic carboxylic acids is 1. The molecule has 0 fully saturated rings. The van der Waals surface area contributed by atoms with E-state index < -0.39 is 11.9 Å². The molecule has 0 saturated heterocycles. The molecule has 3 aromatic carbocycles. The Bertz CT molecular complexity index is 1340. The fourth-order valence-electron chi connectivity index (χ4n) is 3.76. The van der Waals surface area contributed by atoms with Crippen LogP contribution in [-0.4, -0.2) is 36.2 Å². The predicted octanol–water partition coefficient (Wildman–Crippen LogP) is 2.84. The third-order valence-corrected chi connectivity index (χ3v) is 5.23. The van der Waals surface area contributed by atoms with Crippen molar-refractivity contribution in [3.8, 4) is 11.5 Å². The highest BCUT2D eigenvalue weighted by molar-refractivity contribution is 5.98. The van der Waals surface area contributed by atoms with Crippen molar-refractivity contribution in [2.75, 3.05) is 19.0 Å². The quantitative estimate of drug-likeness (QED) is 0.521. The van der Waals surface area contributed by atoms with E-state index in [9.17, 15) is 19.8 Å². The Balaban J connectivity index is 2.09. The lowest BCUT2D eigenvalue weighted by Gasteiger charge is -2.24. The van der Waals surface area contributed by atoms with Crippen LogP contribution in [0.2, 0.25) is 0 Å². The molecule has 0 unspecified atom stereocenters. The maximum atomic E-state index is 12.0. The van der Waals surface area contributed by atoms with Crippen LogP contribution in [0.25, 0.3) is 12.2 Å². The van der Waals surface area contributed by atoms with Gasteiger partial charge >= 0.3 is 11.9 Å². The molecule has 2 N–H and O–H groups in total. The summed E-state index contributed by atoms with van der Waals surface area (Å²) >= 11 is 0. The Morgan fingerprint density at radius 3 is 2.39 bits per heavy atom. The summed E-state index contributed by atoms with van der Waals surface area (Å²) in [5.74, 6) is -0.896. The highest BCUT2D eigenvalue weighted by atomic mass is 16.5. The minimum atomic E-state index is -1.09. The fourth-order valence-corrected chi connectivity index (χ4v) is 3.76. The van der Waals surface area contributed by atoms with Gasteiger partial charge < -0.3 is 19.8 Å². The number of fused-ring (bicyclic) bond motifs is 2. The number of carbonyl (C=O) groups is 2. The average molecular weight is 415 g/mol. The lowest BCUT2D eigenvalue weighted by molar-refractivity contribution is -0.136. The molecule has 0 radical (unpaired) electrons. The number of ether oxygens (including phenoxy) is 1. The summed E-state index contributed by atoms with van der Waals surface area (Å²) in [6.45, 7) is 3.96. The van der Waals surface area contributed by atoms with Gasteiger partial charge in [0.25, 0.3) is 0 Å². The zero-order chi connectivity index (χ0) is 22.3. The monoisotopic (exact) mass is 415 g/mol. The van der Waals surface area contributed by atoms with Crippen molar-refractivity contribution < 1.29 is 24.5 Å². The van der Waals surface area contributed by atoms with E-state index in [0.717, 1.165) is 21.7 Å². The highest BCUT2D eigenvalue weighted by Gasteiger charge is 2.24. The Morgan fingerprint density at radius 1 is 0.935 bits per heavy atom. The van der Waals surface area contributed by atoms with Gasteiger partial charge in [0.05, 0.1) is 12.0 Å². The van der Waals surface area contributed by atoms with Crippen LogP contribution in [0.4, 0.5) is 5.69 Å². The highest BCUT2D eigenvalue weighted by Crippen LogP contribution is 2.39. The molecule has 1 aliphatic heterocycles. The van der Waals surface area contributed by atoms with Crippen LogP contribution in [0.15, 0.2) is 54.6 Å². The molecule has 0 spiro atoms. The molecule has 156 valence electrons. The molecule has 0 saturated carbocycles. The van der Waals surface area contributed by atoms with Gasteiger partial charge in [-0.1, -0.05) is 24.8 Å². The number of benzene rings is 3. The summed E-state index contributed by atoms with van der Waals surface area (Å²) < 4.78 is 6.17. The van der Waals surface area contributed by atoms with E-state index in [4.69, 9.17) is 4.74 Å². The zero-order valence-electron chi connectivity index (χ0n) is 17.2. The predicted molar refractivity (Wildman–Crippen MR) is 118 cm³/mol. The maximum absolute atomic E-state index is 12.0. The van der Waals surface area contributed by atoms with Gasteiger partial charge in [-0.05, 0) is 46.7 Å². The van der Waals surface area contributed by atoms with Gasteiger partial charge in [0.15, 0.2) is 0 Å².